The summed E-state index contributed by atoms with van der Waals surface area (Å²) in [7, 11) is 0. The highest BCUT2D eigenvalue weighted by Crippen LogP contribution is 2.34. The van der Waals surface area contributed by atoms with Crippen LogP contribution in [0.2, 0.25) is 0 Å². The van der Waals surface area contributed by atoms with Crippen molar-refractivity contribution in [2.24, 2.45) is 0 Å². The first-order valence-corrected chi connectivity index (χ1v) is 10.3. The van der Waals surface area contributed by atoms with Crippen LogP contribution >= 0.6 is 0 Å². The van der Waals surface area contributed by atoms with Crippen molar-refractivity contribution in [3.8, 4) is 22.3 Å². The maximum atomic E-state index is 11.2. The van der Waals surface area contributed by atoms with E-state index in [1.54, 1.807) is 24.3 Å². The molecule has 154 valence electrons. The standard InChI is InChI=1S/C26H26O4/c1-3-5-21-15-24(18-9-13-20(14-10-18)26(29)30)22(6-4-2)16-23(21)17-7-11-19(12-8-17)25(27)28/h7-16H,3-6H2,1-2H3,(H,27,28)(H,29,30). The lowest BCUT2D eigenvalue weighted by Crippen LogP contribution is -1.99. The van der Waals surface area contributed by atoms with E-state index in [2.05, 4.69) is 26.0 Å². The summed E-state index contributed by atoms with van der Waals surface area (Å²) in [6.07, 6.45) is 3.79. The van der Waals surface area contributed by atoms with Crippen molar-refractivity contribution in [1.29, 1.82) is 0 Å². The van der Waals surface area contributed by atoms with Gasteiger partial charge in [-0.2, -0.15) is 0 Å². The van der Waals surface area contributed by atoms with E-state index in [0.29, 0.717) is 0 Å². The molecule has 0 spiro atoms. The number of carboxylic acids is 2. The number of rotatable bonds is 8. The van der Waals surface area contributed by atoms with Gasteiger partial charge in [-0.15, -0.1) is 0 Å². The van der Waals surface area contributed by atoms with Crippen LogP contribution in [0.4, 0.5) is 0 Å². The Kier molecular flexibility index (Phi) is 6.68. The van der Waals surface area contributed by atoms with E-state index in [4.69, 9.17) is 0 Å². The molecule has 0 bridgehead atoms. The Hall–Kier alpha value is -3.40. The third-order valence-corrected chi connectivity index (χ3v) is 5.25. The predicted molar refractivity (Wildman–Crippen MR) is 119 cm³/mol. The number of carbonyl (C=O) groups is 2. The highest BCUT2D eigenvalue weighted by molar-refractivity contribution is 5.89. The summed E-state index contributed by atoms with van der Waals surface area (Å²) in [5.74, 6) is -1.86. The lowest BCUT2D eigenvalue weighted by atomic mass is 9.87. The molecule has 0 aliphatic heterocycles. The van der Waals surface area contributed by atoms with Gasteiger partial charge in [0.05, 0.1) is 11.1 Å². The van der Waals surface area contributed by atoms with Gasteiger partial charge in [-0.25, -0.2) is 9.59 Å². The molecule has 3 aromatic carbocycles. The fourth-order valence-electron chi connectivity index (χ4n) is 3.76. The normalized spacial score (nSPS) is 10.7. The van der Waals surface area contributed by atoms with Crippen LogP contribution < -0.4 is 0 Å². The monoisotopic (exact) mass is 402 g/mol. The van der Waals surface area contributed by atoms with Gasteiger partial charge < -0.3 is 10.2 Å². The third kappa shape index (κ3) is 4.60. The van der Waals surface area contributed by atoms with Gasteiger partial charge in [0.25, 0.3) is 0 Å². The first kappa shape index (κ1) is 21.3. The Morgan fingerprint density at radius 3 is 1.23 bits per heavy atom. The molecule has 0 aliphatic rings. The molecule has 0 saturated heterocycles. The van der Waals surface area contributed by atoms with Crippen molar-refractivity contribution in [2.45, 2.75) is 39.5 Å². The Bertz CT molecular complexity index is 960. The molecule has 0 radical (unpaired) electrons. The molecule has 4 heteroatoms. The maximum Gasteiger partial charge on any atom is 0.335 e. The van der Waals surface area contributed by atoms with Gasteiger partial charge in [0.15, 0.2) is 0 Å². The van der Waals surface area contributed by atoms with Crippen molar-refractivity contribution in [2.75, 3.05) is 0 Å². The van der Waals surface area contributed by atoms with E-state index in [0.717, 1.165) is 47.9 Å². The van der Waals surface area contributed by atoms with Gasteiger partial charge in [-0.05, 0) is 70.5 Å². The summed E-state index contributed by atoms with van der Waals surface area (Å²) in [4.78, 5) is 22.4. The van der Waals surface area contributed by atoms with E-state index < -0.39 is 11.9 Å². The SMILES string of the molecule is CCCc1cc(-c2ccc(C(=O)O)cc2)c(CCC)cc1-c1ccc(C(=O)O)cc1. The first-order chi connectivity index (χ1) is 14.4. The molecule has 0 heterocycles. The van der Waals surface area contributed by atoms with Gasteiger partial charge in [0.2, 0.25) is 0 Å². The summed E-state index contributed by atoms with van der Waals surface area (Å²) in [6.45, 7) is 4.27. The van der Waals surface area contributed by atoms with Gasteiger partial charge in [0.1, 0.15) is 0 Å². The Labute approximate surface area is 176 Å². The van der Waals surface area contributed by atoms with E-state index >= 15 is 0 Å². The average molecular weight is 402 g/mol. The molecule has 0 aliphatic carbocycles. The second kappa shape index (κ2) is 9.40. The van der Waals surface area contributed by atoms with Gasteiger partial charge in [-0.3, -0.25) is 0 Å². The molecule has 2 N–H and O–H groups in total. The second-order valence-corrected chi connectivity index (χ2v) is 7.43. The van der Waals surface area contributed by atoms with Gasteiger partial charge >= 0.3 is 11.9 Å². The predicted octanol–water partition coefficient (Wildman–Crippen LogP) is 6.32. The molecule has 4 nitrogen and oxygen atoms in total. The molecule has 3 rings (SSSR count). The largest absolute Gasteiger partial charge is 0.478 e. The minimum Gasteiger partial charge on any atom is -0.478 e. The Morgan fingerprint density at radius 1 is 0.633 bits per heavy atom. The van der Waals surface area contributed by atoms with Crippen molar-refractivity contribution < 1.29 is 19.8 Å². The van der Waals surface area contributed by atoms with E-state index in [1.807, 2.05) is 24.3 Å². The smallest absolute Gasteiger partial charge is 0.335 e. The summed E-state index contributed by atoms with van der Waals surface area (Å²) in [6, 6.07) is 18.5. The molecule has 0 fully saturated rings. The quantitative estimate of drug-likeness (QED) is 0.462. The lowest BCUT2D eigenvalue weighted by molar-refractivity contribution is 0.0686. The first-order valence-electron chi connectivity index (χ1n) is 10.3. The van der Waals surface area contributed by atoms with Crippen LogP contribution in [0, 0.1) is 0 Å². The zero-order valence-corrected chi connectivity index (χ0v) is 17.3. The molecule has 0 atom stereocenters. The van der Waals surface area contributed by atoms with Crippen LogP contribution in [-0.4, -0.2) is 22.2 Å². The lowest BCUT2D eigenvalue weighted by Gasteiger charge is -2.17. The zero-order valence-electron chi connectivity index (χ0n) is 17.3. The zero-order chi connectivity index (χ0) is 21.7. The van der Waals surface area contributed by atoms with E-state index in [9.17, 15) is 19.8 Å². The van der Waals surface area contributed by atoms with E-state index in [1.165, 1.54) is 11.1 Å². The maximum absolute atomic E-state index is 11.2. The fraction of sp³-hybridized carbons (Fsp3) is 0.231. The van der Waals surface area contributed by atoms with Crippen molar-refractivity contribution in [1.82, 2.24) is 0 Å². The molecule has 0 saturated carbocycles. The van der Waals surface area contributed by atoms with Crippen LogP contribution in [0.5, 0.6) is 0 Å². The third-order valence-electron chi connectivity index (χ3n) is 5.25. The molecule has 0 unspecified atom stereocenters. The molecule has 0 aromatic heterocycles. The van der Waals surface area contributed by atoms with Crippen LogP contribution in [0.3, 0.4) is 0 Å². The minimum atomic E-state index is -0.929. The molecule has 0 amide bonds. The minimum absolute atomic E-state index is 0.278. The fourth-order valence-corrected chi connectivity index (χ4v) is 3.76. The van der Waals surface area contributed by atoms with Crippen molar-refractivity contribution in [3.05, 3.63) is 82.9 Å². The van der Waals surface area contributed by atoms with Crippen LogP contribution in [0.1, 0.15) is 58.5 Å². The average Bonchev–Trinajstić information content (AvgIpc) is 2.75. The van der Waals surface area contributed by atoms with E-state index in [-0.39, 0.29) is 11.1 Å². The van der Waals surface area contributed by atoms with Crippen LogP contribution in [-0.2, 0) is 12.8 Å². The summed E-state index contributed by atoms with van der Waals surface area (Å²) in [5.41, 5.74) is 7.24. The Morgan fingerprint density at radius 2 is 0.967 bits per heavy atom. The number of aromatic carboxylic acids is 2. The van der Waals surface area contributed by atoms with Gasteiger partial charge in [0, 0.05) is 0 Å². The molecule has 30 heavy (non-hydrogen) atoms. The number of benzene rings is 3. The van der Waals surface area contributed by atoms with Crippen molar-refractivity contribution >= 4 is 11.9 Å². The highest BCUT2D eigenvalue weighted by Gasteiger charge is 2.14. The number of aryl methyl sites for hydroxylation is 2. The van der Waals surface area contributed by atoms with Crippen LogP contribution in [0.25, 0.3) is 22.3 Å². The van der Waals surface area contributed by atoms with Crippen LogP contribution in [0.15, 0.2) is 60.7 Å². The van der Waals surface area contributed by atoms with Gasteiger partial charge in [-0.1, -0.05) is 63.1 Å². The summed E-state index contributed by atoms with van der Waals surface area (Å²) >= 11 is 0. The molecular weight excluding hydrogens is 376 g/mol. The number of hydrogen-bond donors (Lipinski definition) is 2. The highest BCUT2D eigenvalue weighted by atomic mass is 16.4. The number of carboxylic acid groups (broad SMARTS) is 2. The molecule has 3 aromatic rings. The number of hydrogen-bond acceptors (Lipinski definition) is 2. The Balaban J connectivity index is 2.13. The summed E-state index contributed by atoms with van der Waals surface area (Å²) < 4.78 is 0. The topological polar surface area (TPSA) is 74.6 Å². The summed E-state index contributed by atoms with van der Waals surface area (Å²) in [5, 5.41) is 18.4. The van der Waals surface area contributed by atoms with Crippen molar-refractivity contribution in [3.63, 3.8) is 0 Å². The molecular formula is C26H26O4. The second-order valence-electron chi connectivity index (χ2n) is 7.43.